The molecule has 0 radical (unpaired) electrons. The number of ether oxygens (including phenoxy) is 1. The molecule has 172 valence electrons. The number of hydrogen-bond acceptors (Lipinski definition) is 6. The van der Waals surface area contributed by atoms with Gasteiger partial charge in [-0.25, -0.2) is 8.42 Å². The Morgan fingerprint density at radius 1 is 1.28 bits per heavy atom. The first-order chi connectivity index (χ1) is 15.4. The molecule has 7 nitrogen and oxygen atoms in total. The van der Waals surface area contributed by atoms with Crippen LogP contribution in [-0.4, -0.2) is 49.5 Å². The number of carbonyl (C=O) groups excluding carboxylic acids is 1. The molecular formula is C21H24BrN3O4S3. The lowest BCUT2D eigenvalue weighted by Gasteiger charge is -2.29. The van der Waals surface area contributed by atoms with E-state index in [4.69, 9.17) is 4.74 Å². The highest BCUT2D eigenvalue weighted by Crippen LogP contribution is 2.27. The zero-order valence-corrected chi connectivity index (χ0v) is 21.6. The number of rotatable bonds is 7. The maximum Gasteiger partial charge on any atom is 0.252 e. The minimum atomic E-state index is -3.48. The number of hydrogen-bond donors (Lipinski definition) is 0. The Balaban J connectivity index is 1.53. The molecule has 1 amide bonds. The Bertz CT molecular complexity index is 1260. The van der Waals surface area contributed by atoms with E-state index in [0.29, 0.717) is 54.7 Å². The van der Waals surface area contributed by atoms with Crippen molar-refractivity contribution < 1.29 is 17.9 Å². The lowest BCUT2D eigenvalue weighted by Crippen LogP contribution is -2.40. The zero-order chi connectivity index (χ0) is 22.7. The Kier molecular flexibility index (Phi) is 7.63. The van der Waals surface area contributed by atoms with Crippen LogP contribution in [0.1, 0.15) is 19.8 Å². The molecular weight excluding hydrogens is 534 g/mol. The highest BCUT2D eigenvalue weighted by atomic mass is 79.9. The van der Waals surface area contributed by atoms with Gasteiger partial charge in [0.25, 0.3) is 15.9 Å². The van der Waals surface area contributed by atoms with Gasteiger partial charge in [0.2, 0.25) is 0 Å². The quantitative estimate of drug-likeness (QED) is 0.409. The van der Waals surface area contributed by atoms with Crippen LogP contribution in [0.15, 0.2) is 49.4 Å². The average Bonchev–Trinajstić information content (AvgIpc) is 3.43. The summed E-state index contributed by atoms with van der Waals surface area (Å²) in [5.41, 5.74) is 1.02. The molecule has 4 rings (SSSR count). The molecule has 3 aromatic rings. The van der Waals surface area contributed by atoms with E-state index in [1.165, 1.54) is 27.0 Å². The Morgan fingerprint density at radius 3 is 2.75 bits per heavy atom. The molecule has 2 aromatic heterocycles. The number of thiophene rings is 1. The first kappa shape index (κ1) is 23.8. The van der Waals surface area contributed by atoms with Crippen LogP contribution in [0, 0.1) is 5.92 Å². The van der Waals surface area contributed by atoms with Crippen LogP contribution >= 0.6 is 38.6 Å². The van der Waals surface area contributed by atoms with Crippen molar-refractivity contribution in [1.29, 1.82) is 0 Å². The summed E-state index contributed by atoms with van der Waals surface area (Å²) >= 11 is 6.19. The Labute approximate surface area is 203 Å². The number of halogens is 1. The fourth-order valence-electron chi connectivity index (χ4n) is 3.71. The smallest absolute Gasteiger partial charge is 0.252 e. The lowest BCUT2D eigenvalue weighted by atomic mass is 9.98. The molecule has 0 N–H and O–H groups in total. The molecule has 1 fully saturated rings. The minimum absolute atomic E-state index is 0.186. The highest BCUT2D eigenvalue weighted by Gasteiger charge is 2.32. The molecule has 0 bridgehead atoms. The SMILES string of the molecule is CCOCCn1c(=NC(=O)C2CCN(S(=O)(=O)c3cccs3)CC2)sc2cc(Br)ccc21. The number of fused-ring (bicyclic) bond motifs is 1. The molecule has 1 aliphatic heterocycles. The lowest BCUT2D eigenvalue weighted by molar-refractivity contribution is -0.122. The fraction of sp³-hybridized carbons (Fsp3) is 0.429. The van der Waals surface area contributed by atoms with Crippen LogP contribution in [0.4, 0.5) is 0 Å². The van der Waals surface area contributed by atoms with Gasteiger partial charge >= 0.3 is 0 Å². The second kappa shape index (κ2) is 10.3. The summed E-state index contributed by atoms with van der Waals surface area (Å²) in [5.74, 6) is -0.462. The van der Waals surface area contributed by atoms with Gasteiger partial charge in [0, 0.05) is 36.6 Å². The summed E-state index contributed by atoms with van der Waals surface area (Å²) in [4.78, 5) is 18.1. The number of sulfonamides is 1. The van der Waals surface area contributed by atoms with Crippen LogP contribution < -0.4 is 4.80 Å². The molecule has 0 atom stereocenters. The number of benzene rings is 1. The van der Waals surface area contributed by atoms with E-state index in [2.05, 4.69) is 20.9 Å². The number of aromatic nitrogens is 1. The second-order valence-corrected chi connectivity index (χ2v) is 12.4. The van der Waals surface area contributed by atoms with Gasteiger partial charge < -0.3 is 9.30 Å². The first-order valence-electron chi connectivity index (χ1n) is 10.4. The summed E-state index contributed by atoms with van der Waals surface area (Å²) in [5, 5.41) is 1.76. The predicted octanol–water partition coefficient (Wildman–Crippen LogP) is 4.09. The van der Waals surface area contributed by atoms with Crippen molar-refractivity contribution in [2.24, 2.45) is 10.9 Å². The van der Waals surface area contributed by atoms with Crippen molar-refractivity contribution in [2.75, 3.05) is 26.3 Å². The molecule has 1 saturated heterocycles. The van der Waals surface area contributed by atoms with Crippen LogP contribution in [0.5, 0.6) is 0 Å². The van der Waals surface area contributed by atoms with Crippen molar-refractivity contribution in [3.8, 4) is 0 Å². The third-order valence-electron chi connectivity index (χ3n) is 5.41. The first-order valence-corrected chi connectivity index (χ1v) is 14.3. The van der Waals surface area contributed by atoms with Crippen molar-refractivity contribution in [3.05, 3.63) is 45.0 Å². The van der Waals surface area contributed by atoms with Gasteiger partial charge in [-0.1, -0.05) is 33.3 Å². The van der Waals surface area contributed by atoms with Crippen molar-refractivity contribution in [3.63, 3.8) is 0 Å². The summed E-state index contributed by atoms with van der Waals surface area (Å²) < 4.78 is 36.8. The number of carbonyl (C=O) groups is 1. The Hall–Kier alpha value is -1.37. The van der Waals surface area contributed by atoms with E-state index in [1.54, 1.807) is 17.5 Å². The van der Waals surface area contributed by atoms with Crippen LogP contribution in [0.2, 0.25) is 0 Å². The third-order valence-corrected chi connectivity index (χ3v) is 10.2. The number of amides is 1. The maximum absolute atomic E-state index is 13.0. The van der Waals surface area contributed by atoms with E-state index >= 15 is 0 Å². The van der Waals surface area contributed by atoms with E-state index in [1.807, 2.05) is 29.7 Å². The summed E-state index contributed by atoms with van der Waals surface area (Å²) in [6, 6.07) is 9.36. The van der Waals surface area contributed by atoms with Crippen LogP contribution in [0.3, 0.4) is 0 Å². The van der Waals surface area contributed by atoms with Gasteiger partial charge in [0.05, 0.1) is 16.8 Å². The average molecular weight is 559 g/mol. The Morgan fingerprint density at radius 2 is 2.06 bits per heavy atom. The van der Waals surface area contributed by atoms with Crippen LogP contribution in [0.25, 0.3) is 10.2 Å². The number of thiazole rings is 1. The summed E-state index contributed by atoms with van der Waals surface area (Å²) in [6.07, 6.45) is 0.949. The molecule has 32 heavy (non-hydrogen) atoms. The third kappa shape index (κ3) is 5.07. The van der Waals surface area contributed by atoms with Gasteiger partial charge in [-0.15, -0.1) is 11.3 Å². The molecule has 3 heterocycles. The molecule has 0 unspecified atom stereocenters. The number of nitrogens with zero attached hydrogens (tertiary/aromatic N) is 3. The molecule has 0 spiro atoms. The molecule has 0 aliphatic carbocycles. The van der Waals surface area contributed by atoms with Crippen molar-refractivity contribution >= 4 is 64.8 Å². The molecule has 1 aliphatic rings. The highest BCUT2D eigenvalue weighted by molar-refractivity contribution is 9.10. The monoisotopic (exact) mass is 557 g/mol. The predicted molar refractivity (Wildman–Crippen MR) is 130 cm³/mol. The topological polar surface area (TPSA) is 81.0 Å². The normalized spacial score (nSPS) is 16.8. The standard InChI is InChI=1S/C21H24BrN3O4S3/c1-2-29-12-11-25-17-6-5-16(22)14-18(17)31-21(25)23-20(26)15-7-9-24(10-8-15)32(27,28)19-4-3-13-30-19/h3-6,13-15H,2,7-12H2,1H3. The van der Waals surface area contributed by atoms with Crippen molar-refractivity contribution in [2.45, 2.75) is 30.5 Å². The molecule has 1 aromatic carbocycles. The van der Waals surface area contributed by atoms with Gasteiger partial charge in [-0.2, -0.15) is 9.30 Å². The minimum Gasteiger partial charge on any atom is -0.380 e. The van der Waals surface area contributed by atoms with E-state index in [-0.39, 0.29) is 11.8 Å². The van der Waals surface area contributed by atoms with Gasteiger partial charge in [0.15, 0.2) is 4.80 Å². The summed E-state index contributed by atoms with van der Waals surface area (Å²) in [6.45, 7) is 4.39. The van der Waals surface area contributed by atoms with Gasteiger partial charge in [-0.3, -0.25) is 4.79 Å². The fourth-order valence-corrected chi connectivity index (χ4v) is 7.94. The van der Waals surface area contributed by atoms with Crippen molar-refractivity contribution in [1.82, 2.24) is 8.87 Å². The second-order valence-electron chi connectivity index (χ2n) is 7.41. The zero-order valence-electron chi connectivity index (χ0n) is 17.6. The molecule has 11 heteroatoms. The van der Waals surface area contributed by atoms with E-state index < -0.39 is 10.0 Å². The van der Waals surface area contributed by atoms with Crippen LogP contribution in [-0.2, 0) is 26.1 Å². The van der Waals surface area contributed by atoms with E-state index in [9.17, 15) is 13.2 Å². The molecule has 0 saturated carbocycles. The number of piperidine rings is 1. The van der Waals surface area contributed by atoms with Gasteiger partial charge in [0.1, 0.15) is 4.21 Å². The maximum atomic E-state index is 13.0. The van der Waals surface area contributed by atoms with Gasteiger partial charge in [-0.05, 0) is 49.4 Å². The largest absolute Gasteiger partial charge is 0.380 e. The summed E-state index contributed by atoms with van der Waals surface area (Å²) in [7, 11) is -3.48. The van der Waals surface area contributed by atoms with E-state index in [0.717, 1.165) is 14.7 Å².